The lowest BCUT2D eigenvalue weighted by Crippen LogP contribution is -1.83. The molecule has 0 atom stereocenters. The molecule has 108 valence electrons. The maximum atomic E-state index is 5.42. The van der Waals surface area contributed by atoms with Crippen LogP contribution in [0.4, 0.5) is 0 Å². The molecule has 0 amide bonds. The quantitative estimate of drug-likeness (QED) is 0.463. The maximum Gasteiger partial charge on any atom is 0.143 e. The number of benzene rings is 1. The molecule has 0 aliphatic heterocycles. The molecule has 3 heterocycles. The average Bonchev–Trinajstić information content (AvgIpc) is 3.10. The molecular formula is C17H12IN3O. The number of hydrogen-bond acceptors (Lipinski definition) is 3. The third-order valence-electron chi connectivity index (χ3n) is 3.58. The summed E-state index contributed by atoms with van der Waals surface area (Å²) in [4.78, 5) is 4.70. The Balaban J connectivity index is 1.93. The van der Waals surface area contributed by atoms with Gasteiger partial charge in [-0.3, -0.25) is 0 Å². The standard InChI is InChI=1S/C17H12IN3O/c1-11-16(17(20-22-11)12-5-3-2-4-6-12)14-10-21-9-13(18)7-8-15(21)19-14/h2-10H,1H3. The van der Waals surface area contributed by atoms with E-state index in [0.717, 1.165) is 33.9 Å². The largest absolute Gasteiger partial charge is 0.360 e. The highest BCUT2D eigenvalue weighted by molar-refractivity contribution is 14.1. The second-order valence-corrected chi connectivity index (χ2v) is 6.31. The van der Waals surface area contributed by atoms with E-state index in [0.29, 0.717) is 0 Å². The Morgan fingerprint density at radius 2 is 1.86 bits per heavy atom. The minimum absolute atomic E-state index is 0.775. The monoisotopic (exact) mass is 401 g/mol. The van der Waals surface area contributed by atoms with Crippen LogP contribution < -0.4 is 0 Å². The zero-order valence-electron chi connectivity index (χ0n) is 11.8. The van der Waals surface area contributed by atoms with Gasteiger partial charge in [-0.1, -0.05) is 35.5 Å². The predicted molar refractivity (Wildman–Crippen MR) is 93.6 cm³/mol. The minimum atomic E-state index is 0.775. The third-order valence-corrected chi connectivity index (χ3v) is 4.22. The van der Waals surface area contributed by atoms with Gasteiger partial charge in [0.1, 0.15) is 17.1 Å². The topological polar surface area (TPSA) is 43.3 Å². The number of nitrogens with zero attached hydrogens (tertiary/aromatic N) is 3. The second-order valence-electron chi connectivity index (χ2n) is 5.07. The van der Waals surface area contributed by atoms with E-state index in [2.05, 4.69) is 33.9 Å². The number of rotatable bonds is 2. The summed E-state index contributed by atoms with van der Waals surface area (Å²) in [5.41, 5.74) is 4.59. The van der Waals surface area contributed by atoms with Crippen LogP contribution >= 0.6 is 22.6 Å². The fourth-order valence-corrected chi connectivity index (χ4v) is 3.03. The van der Waals surface area contributed by atoms with Crippen molar-refractivity contribution in [2.75, 3.05) is 0 Å². The van der Waals surface area contributed by atoms with Gasteiger partial charge in [-0.15, -0.1) is 0 Å². The lowest BCUT2D eigenvalue weighted by Gasteiger charge is -1.99. The number of imidazole rings is 1. The van der Waals surface area contributed by atoms with E-state index in [-0.39, 0.29) is 0 Å². The Morgan fingerprint density at radius 3 is 2.68 bits per heavy atom. The second kappa shape index (κ2) is 5.24. The van der Waals surface area contributed by atoms with Crippen molar-refractivity contribution in [2.45, 2.75) is 6.92 Å². The molecule has 4 aromatic rings. The SMILES string of the molecule is Cc1onc(-c2ccccc2)c1-c1cn2cc(I)ccc2n1. The van der Waals surface area contributed by atoms with Crippen LogP contribution in [-0.2, 0) is 0 Å². The van der Waals surface area contributed by atoms with Crippen LogP contribution in [0.5, 0.6) is 0 Å². The number of halogens is 1. The summed E-state index contributed by atoms with van der Waals surface area (Å²) in [5.74, 6) is 0.775. The van der Waals surface area contributed by atoms with Crippen LogP contribution in [0.2, 0.25) is 0 Å². The van der Waals surface area contributed by atoms with Crippen LogP contribution in [0.3, 0.4) is 0 Å². The summed E-state index contributed by atoms with van der Waals surface area (Å²) in [6, 6.07) is 14.1. The molecule has 22 heavy (non-hydrogen) atoms. The van der Waals surface area contributed by atoms with Gasteiger partial charge in [-0.05, 0) is 41.6 Å². The first kappa shape index (κ1) is 13.5. The van der Waals surface area contributed by atoms with E-state index in [9.17, 15) is 0 Å². The summed E-state index contributed by atoms with van der Waals surface area (Å²) < 4.78 is 8.62. The molecular weight excluding hydrogens is 389 g/mol. The van der Waals surface area contributed by atoms with E-state index in [1.165, 1.54) is 3.57 Å². The maximum absolute atomic E-state index is 5.42. The Bertz CT molecular complexity index is 957. The molecule has 5 heteroatoms. The molecule has 0 fully saturated rings. The Hall–Kier alpha value is -2.15. The Kier molecular flexibility index (Phi) is 3.22. The van der Waals surface area contributed by atoms with Crippen molar-refractivity contribution in [3.63, 3.8) is 0 Å². The molecule has 0 bridgehead atoms. The smallest absolute Gasteiger partial charge is 0.143 e. The summed E-state index contributed by atoms with van der Waals surface area (Å²) in [6.07, 6.45) is 4.07. The van der Waals surface area contributed by atoms with Crippen LogP contribution in [-0.4, -0.2) is 14.5 Å². The molecule has 0 aliphatic rings. The lowest BCUT2D eigenvalue weighted by atomic mass is 10.0. The Morgan fingerprint density at radius 1 is 1.05 bits per heavy atom. The van der Waals surface area contributed by atoms with Gasteiger partial charge < -0.3 is 8.92 Å². The first-order valence-electron chi connectivity index (χ1n) is 6.89. The van der Waals surface area contributed by atoms with E-state index in [4.69, 9.17) is 9.51 Å². The van der Waals surface area contributed by atoms with Gasteiger partial charge in [0.25, 0.3) is 0 Å². The number of fused-ring (bicyclic) bond motifs is 1. The first-order chi connectivity index (χ1) is 10.7. The normalized spacial score (nSPS) is 11.2. The van der Waals surface area contributed by atoms with Gasteiger partial charge in [-0.2, -0.15) is 0 Å². The Labute approximate surface area is 140 Å². The lowest BCUT2D eigenvalue weighted by molar-refractivity contribution is 0.400. The van der Waals surface area contributed by atoms with Gasteiger partial charge in [0.05, 0.1) is 11.3 Å². The van der Waals surface area contributed by atoms with E-state index in [1.807, 2.05) is 60.0 Å². The molecule has 0 aliphatic carbocycles. The van der Waals surface area contributed by atoms with Crippen molar-refractivity contribution in [3.05, 3.63) is 64.2 Å². The van der Waals surface area contributed by atoms with Crippen molar-refractivity contribution < 1.29 is 4.52 Å². The van der Waals surface area contributed by atoms with Gasteiger partial charge in [0, 0.05) is 21.5 Å². The fourth-order valence-electron chi connectivity index (χ4n) is 2.55. The minimum Gasteiger partial charge on any atom is -0.360 e. The summed E-state index contributed by atoms with van der Waals surface area (Å²) in [7, 11) is 0. The van der Waals surface area contributed by atoms with E-state index in [1.54, 1.807) is 0 Å². The molecule has 0 N–H and O–H groups in total. The molecule has 1 aromatic carbocycles. The van der Waals surface area contributed by atoms with Gasteiger partial charge in [0.15, 0.2) is 0 Å². The highest BCUT2D eigenvalue weighted by Crippen LogP contribution is 2.33. The van der Waals surface area contributed by atoms with E-state index >= 15 is 0 Å². The van der Waals surface area contributed by atoms with Crippen molar-refractivity contribution >= 4 is 28.2 Å². The summed E-state index contributed by atoms with van der Waals surface area (Å²) in [5, 5.41) is 4.22. The third kappa shape index (κ3) is 2.21. The highest BCUT2D eigenvalue weighted by atomic mass is 127. The van der Waals surface area contributed by atoms with Crippen molar-refractivity contribution in [1.29, 1.82) is 0 Å². The van der Waals surface area contributed by atoms with Gasteiger partial charge >= 0.3 is 0 Å². The number of hydrogen-bond donors (Lipinski definition) is 0. The summed E-state index contributed by atoms with van der Waals surface area (Å²) in [6.45, 7) is 1.92. The van der Waals surface area contributed by atoms with Gasteiger partial charge in [-0.25, -0.2) is 4.98 Å². The molecule has 0 saturated heterocycles. The van der Waals surface area contributed by atoms with Gasteiger partial charge in [0.2, 0.25) is 0 Å². The number of aromatic nitrogens is 3. The van der Waals surface area contributed by atoms with Crippen LogP contribution in [0.15, 0.2) is 59.4 Å². The highest BCUT2D eigenvalue weighted by Gasteiger charge is 2.19. The molecule has 3 aromatic heterocycles. The zero-order valence-corrected chi connectivity index (χ0v) is 14.0. The van der Waals surface area contributed by atoms with Crippen LogP contribution in [0.25, 0.3) is 28.2 Å². The van der Waals surface area contributed by atoms with Crippen molar-refractivity contribution in [2.24, 2.45) is 0 Å². The summed E-state index contributed by atoms with van der Waals surface area (Å²) >= 11 is 2.29. The number of aryl methyl sites for hydroxylation is 1. The zero-order chi connectivity index (χ0) is 15.1. The predicted octanol–water partition coefficient (Wildman–Crippen LogP) is 4.57. The van der Waals surface area contributed by atoms with Crippen molar-refractivity contribution in [1.82, 2.24) is 14.5 Å². The number of pyridine rings is 1. The molecule has 0 unspecified atom stereocenters. The molecule has 0 saturated carbocycles. The van der Waals surface area contributed by atoms with Crippen LogP contribution in [0.1, 0.15) is 5.76 Å². The first-order valence-corrected chi connectivity index (χ1v) is 7.96. The van der Waals surface area contributed by atoms with Crippen LogP contribution in [0, 0.1) is 10.5 Å². The fraction of sp³-hybridized carbons (Fsp3) is 0.0588. The molecule has 4 nitrogen and oxygen atoms in total. The van der Waals surface area contributed by atoms with Crippen molar-refractivity contribution in [3.8, 4) is 22.5 Å². The molecule has 4 rings (SSSR count). The van der Waals surface area contributed by atoms with E-state index < -0.39 is 0 Å². The average molecular weight is 401 g/mol. The molecule has 0 radical (unpaired) electrons. The molecule has 0 spiro atoms.